The van der Waals surface area contributed by atoms with Gasteiger partial charge in [0.1, 0.15) is 0 Å². The van der Waals surface area contributed by atoms with Crippen molar-refractivity contribution < 1.29 is 4.79 Å². The molecule has 2 aliphatic heterocycles. The minimum Gasteiger partial charge on any atom is -0.339 e. The molecule has 60 valence electrons. The van der Waals surface area contributed by atoms with Gasteiger partial charge in [-0.2, -0.15) is 0 Å². The van der Waals surface area contributed by atoms with Gasteiger partial charge in [-0.25, -0.2) is 0 Å². The largest absolute Gasteiger partial charge is 0.339 e. The molecule has 0 aromatic carbocycles. The number of fused-ring (bicyclic) bond motifs is 1. The van der Waals surface area contributed by atoms with Crippen molar-refractivity contribution in [2.45, 2.75) is 25.3 Å². The molecule has 2 heterocycles. The Balaban J connectivity index is 2.15. The number of hydrogen-bond donors (Lipinski definition) is 0. The van der Waals surface area contributed by atoms with Crippen LogP contribution in [0.1, 0.15) is 19.3 Å². The molecule has 2 saturated heterocycles. The highest BCUT2D eigenvalue weighted by Crippen LogP contribution is 2.33. The zero-order valence-electron chi connectivity index (χ0n) is 6.62. The summed E-state index contributed by atoms with van der Waals surface area (Å²) in [6.45, 7) is 4.75. The molecule has 2 atom stereocenters. The van der Waals surface area contributed by atoms with Crippen molar-refractivity contribution in [3.8, 4) is 0 Å². The Hall–Kier alpha value is -0.790. The zero-order valence-corrected chi connectivity index (χ0v) is 6.62. The van der Waals surface area contributed by atoms with E-state index in [-0.39, 0.29) is 0 Å². The second kappa shape index (κ2) is 2.36. The molecular weight excluding hydrogens is 138 g/mol. The van der Waals surface area contributed by atoms with E-state index in [4.69, 9.17) is 0 Å². The van der Waals surface area contributed by atoms with Gasteiger partial charge in [-0.1, -0.05) is 6.08 Å². The smallest absolute Gasteiger partial charge is 0.222 e. The molecule has 2 fully saturated rings. The first kappa shape index (κ1) is 6.89. The highest BCUT2D eigenvalue weighted by molar-refractivity contribution is 5.79. The Morgan fingerprint density at radius 3 is 3.09 bits per heavy atom. The maximum absolute atomic E-state index is 11.2. The van der Waals surface area contributed by atoms with Crippen molar-refractivity contribution in [3.05, 3.63) is 12.7 Å². The van der Waals surface area contributed by atoms with Crippen molar-refractivity contribution >= 4 is 5.91 Å². The van der Waals surface area contributed by atoms with Crippen LogP contribution in [0.15, 0.2) is 12.7 Å². The topological polar surface area (TPSA) is 20.3 Å². The normalized spacial score (nSPS) is 36.0. The molecule has 0 aromatic rings. The van der Waals surface area contributed by atoms with Crippen molar-refractivity contribution in [2.24, 2.45) is 5.92 Å². The lowest BCUT2D eigenvalue weighted by Crippen LogP contribution is -2.28. The molecule has 0 spiro atoms. The van der Waals surface area contributed by atoms with Crippen LogP contribution < -0.4 is 0 Å². The number of nitrogens with zero attached hydrogens (tertiary/aromatic N) is 1. The van der Waals surface area contributed by atoms with Crippen LogP contribution in [0.4, 0.5) is 0 Å². The predicted molar refractivity (Wildman–Crippen MR) is 43.0 cm³/mol. The molecular formula is C9H13NO. The second-order valence-electron chi connectivity index (χ2n) is 3.38. The quantitative estimate of drug-likeness (QED) is 0.515. The summed E-state index contributed by atoms with van der Waals surface area (Å²) in [7, 11) is 0. The summed E-state index contributed by atoms with van der Waals surface area (Å²) in [5.74, 6) is 0.917. The average Bonchev–Trinajstić information content (AvgIpc) is 2.53. The van der Waals surface area contributed by atoms with E-state index in [1.54, 1.807) is 0 Å². The highest BCUT2D eigenvalue weighted by Gasteiger charge is 2.39. The van der Waals surface area contributed by atoms with Gasteiger partial charge in [0.2, 0.25) is 5.91 Å². The first-order valence-electron chi connectivity index (χ1n) is 4.25. The van der Waals surface area contributed by atoms with Gasteiger partial charge >= 0.3 is 0 Å². The third-order valence-electron chi connectivity index (χ3n) is 2.87. The van der Waals surface area contributed by atoms with E-state index in [2.05, 4.69) is 6.58 Å². The average molecular weight is 151 g/mol. The zero-order chi connectivity index (χ0) is 7.84. The fourth-order valence-corrected chi connectivity index (χ4v) is 2.25. The predicted octanol–water partition coefficient (Wildman–Crippen LogP) is 1.18. The summed E-state index contributed by atoms with van der Waals surface area (Å²) in [6, 6.07) is 0.500. The Bertz CT molecular complexity index is 200. The second-order valence-corrected chi connectivity index (χ2v) is 3.38. The lowest BCUT2D eigenvalue weighted by Gasteiger charge is -2.17. The van der Waals surface area contributed by atoms with Gasteiger partial charge in [0, 0.05) is 19.0 Å². The van der Waals surface area contributed by atoms with Gasteiger partial charge < -0.3 is 4.90 Å². The number of carbonyl (C=O) groups excluding carboxylic acids is 1. The van der Waals surface area contributed by atoms with E-state index in [1.165, 1.54) is 0 Å². The van der Waals surface area contributed by atoms with Crippen molar-refractivity contribution in [1.82, 2.24) is 4.90 Å². The Kier molecular flexibility index (Phi) is 1.48. The van der Waals surface area contributed by atoms with Gasteiger partial charge in [0.15, 0.2) is 0 Å². The fraction of sp³-hybridized carbons (Fsp3) is 0.667. The first-order chi connectivity index (χ1) is 5.33. The Labute approximate surface area is 66.9 Å². The molecule has 0 saturated carbocycles. The van der Waals surface area contributed by atoms with E-state index >= 15 is 0 Å². The molecule has 0 aliphatic carbocycles. The SMILES string of the molecule is C=CC1CCN2C(=O)CC[C@@H]12. The van der Waals surface area contributed by atoms with Crippen molar-refractivity contribution in [2.75, 3.05) is 6.54 Å². The van der Waals surface area contributed by atoms with Crippen LogP contribution in [-0.4, -0.2) is 23.4 Å². The van der Waals surface area contributed by atoms with Crippen LogP contribution in [0.25, 0.3) is 0 Å². The van der Waals surface area contributed by atoms with Crippen LogP contribution in [0.5, 0.6) is 0 Å². The standard InChI is InChI=1S/C9H13NO/c1-2-7-5-6-10-8(7)3-4-9(10)11/h2,7-8H,1,3-6H2/t7?,8-/m0/s1. The summed E-state index contributed by atoms with van der Waals surface area (Å²) in [4.78, 5) is 13.2. The molecule has 1 unspecified atom stereocenters. The van der Waals surface area contributed by atoms with E-state index in [9.17, 15) is 4.79 Å². The van der Waals surface area contributed by atoms with Crippen LogP contribution in [-0.2, 0) is 4.79 Å². The number of amides is 1. The maximum atomic E-state index is 11.2. The first-order valence-corrected chi connectivity index (χ1v) is 4.25. The molecule has 0 N–H and O–H groups in total. The summed E-state index contributed by atoms with van der Waals surface area (Å²) in [5, 5.41) is 0. The summed E-state index contributed by atoms with van der Waals surface area (Å²) in [6.07, 6.45) is 4.94. The molecule has 2 heteroatoms. The van der Waals surface area contributed by atoms with Crippen LogP contribution in [0.3, 0.4) is 0 Å². The van der Waals surface area contributed by atoms with Gasteiger partial charge in [0.25, 0.3) is 0 Å². The molecule has 0 radical (unpaired) electrons. The van der Waals surface area contributed by atoms with E-state index < -0.39 is 0 Å². The van der Waals surface area contributed by atoms with E-state index in [0.717, 1.165) is 25.8 Å². The van der Waals surface area contributed by atoms with Gasteiger partial charge in [0.05, 0.1) is 0 Å². The number of carbonyl (C=O) groups is 1. The maximum Gasteiger partial charge on any atom is 0.222 e. The summed E-state index contributed by atoms with van der Waals surface area (Å²) in [5.41, 5.74) is 0. The number of rotatable bonds is 1. The lowest BCUT2D eigenvalue weighted by atomic mass is 9.99. The van der Waals surface area contributed by atoms with Gasteiger partial charge in [-0.3, -0.25) is 4.79 Å². The van der Waals surface area contributed by atoms with Gasteiger partial charge in [-0.15, -0.1) is 6.58 Å². The van der Waals surface area contributed by atoms with Gasteiger partial charge in [-0.05, 0) is 18.8 Å². The third kappa shape index (κ3) is 0.889. The number of hydrogen-bond acceptors (Lipinski definition) is 1. The van der Waals surface area contributed by atoms with Crippen LogP contribution in [0.2, 0.25) is 0 Å². The van der Waals surface area contributed by atoms with E-state index in [0.29, 0.717) is 17.9 Å². The molecule has 2 nitrogen and oxygen atoms in total. The third-order valence-corrected chi connectivity index (χ3v) is 2.87. The van der Waals surface area contributed by atoms with E-state index in [1.807, 2.05) is 11.0 Å². The minimum atomic E-state index is 0.347. The minimum absolute atomic E-state index is 0.347. The monoisotopic (exact) mass is 151 g/mol. The summed E-state index contributed by atoms with van der Waals surface area (Å²) < 4.78 is 0. The molecule has 11 heavy (non-hydrogen) atoms. The van der Waals surface area contributed by atoms with Crippen molar-refractivity contribution in [3.63, 3.8) is 0 Å². The molecule has 2 aliphatic rings. The Morgan fingerprint density at radius 1 is 1.55 bits per heavy atom. The molecule has 0 bridgehead atoms. The highest BCUT2D eigenvalue weighted by atomic mass is 16.2. The molecule has 1 amide bonds. The van der Waals surface area contributed by atoms with Crippen LogP contribution >= 0.6 is 0 Å². The molecule has 2 rings (SSSR count). The lowest BCUT2D eigenvalue weighted by molar-refractivity contribution is -0.127. The Morgan fingerprint density at radius 2 is 2.36 bits per heavy atom. The van der Waals surface area contributed by atoms with Crippen LogP contribution in [0, 0.1) is 5.92 Å². The van der Waals surface area contributed by atoms with Crippen molar-refractivity contribution in [1.29, 1.82) is 0 Å². The summed E-state index contributed by atoms with van der Waals surface area (Å²) >= 11 is 0. The molecule has 0 aromatic heterocycles. The fourth-order valence-electron chi connectivity index (χ4n) is 2.25.